The lowest BCUT2D eigenvalue weighted by Gasteiger charge is -2.44. The first kappa shape index (κ1) is 15.1. The molecule has 1 N–H and O–H groups in total. The Kier molecular flexibility index (Phi) is 3.90. The molecule has 2 atom stereocenters. The number of alkyl halides is 3. The molecule has 2 heterocycles. The van der Waals surface area contributed by atoms with E-state index < -0.39 is 38.5 Å². The number of halogens is 3. The minimum Gasteiger partial charge on any atom is -0.390 e. The van der Waals surface area contributed by atoms with Crippen LogP contribution in [0.5, 0.6) is 0 Å². The lowest BCUT2D eigenvalue weighted by molar-refractivity contribution is -0.138. The predicted octanol–water partition coefficient (Wildman–Crippen LogP) is 2.58. The van der Waals surface area contributed by atoms with E-state index in [1.54, 1.807) is 0 Å². The van der Waals surface area contributed by atoms with Crippen LogP contribution in [-0.4, -0.2) is 35.8 Å². The van der Waals surface area contributed by atoms with Crippen LogP contribution in [0.1, 0.15) is 51.4 Å². The third-order valence-electron chi connectivity index (χ3n) is 4.30. The van der Waals surface area contributed by atoms with Crippen molar-refractivity contribution in [1.29, 1.82) is 0 Å². The van der Waals surface area contributed by atoms with E-state index in [-0.39, 0.29) is 25.7 Å². The molecule has 0 saturated carbocycles. The van der Waals surface area contributed by atoms with E-state index in [0.29, 0.717) is 12.8 Å². The van der Waals surface area contributed by atoms with Gasteiger partial charge < -0.3 is 5.11 Å². The van der Waals surface area contributed by atoms with Crippen molar-refractivity contribution >= 4 is 9.84 Å². The van der Waals surface area contributed by atoms with Crippen molar-refractivity contribution in [1.82, 2.24) is 0 Å². The summed E-state index contributed by atoms with van der Waals surface area (Å²) in [6.07, 6.45) is -3.15. The van der Waals surface area contributed by atoms with Crippen LogP contribution in [0.25, 0.3) is 0 Å². The SMILES string of the molecule is O=S1(=O)C2CCCC1CC(O)(CCCC(F)(F)F)C2. The number of rotatable bonds is 3. The highest BCUT2D eigenvalue weighted by atomic mass is 32.2. The third-order valence-corrected chi connectivity index (χ3v) is 6.96. The molecule has 3 nitrogen and oxygen atoms in total. The summed E-state index contributed by atoms with van der Waals surface area (Å²) in [5.74, 6) is 0. The second-order valence-corrected chi connectivity index (χ2v) is 8.38. The monoisotopic (exact) mass is 300 g/mol. The van der Waals surface area contributed by atoms with E-state index in [9.17, 15) is 26.7 Å². The number of sulfone groups is 1. The molecule has 2 rings (SSSR count). The molecule has 2 saturated heterocycles. The summed E-state index contributed by atoms with van der Waals surface area (Å²) in [5, 5.41) is 9.26. The molecule has 2 aliphatic rings. The molecule has 0 aromatic rings. The van der Waals surface area contributed by atoms with Gasteiger partial charge in [0.05, 0.1) is 16.1 Å². The van der Waals surface area contributed by atoms with E-state index in [2.05, 4.69) is 0 Å². The fourth-order valence-corrected chi connectivity index (χ4v) is 5.98. The fourth-order valence-electron chi connectivity index (χ4n) is 3.36. The second kappa shape index (κ2) is 4.91. The summed E-state index contributed by atoms with van der Waals surface area (Å²) in [4.78, 5) is 0. The quantitative estimate of drug-likeness (QED) is 0.871. The molecular weight excluding hydrogens is 281 g/mol. The van der Waals surface area contributed by atoms with Crippen LogP contribution in [0.3, 0.4) is 0 Å². The summed E-state index contributed by atoms with van der Waals surface area (Å²) in [6.45, 7) is 0. The number of hydrogen-bond acceptors (Lipinski definition) is 3. The Morgan fingerprint density at radius 2 is 1.68 bits per heavy atom. The van der Waals surface area contributed by atoms with E-state index in [1.165, 1.54) is 0 Å². The Hall–Kier alpha value is -0.300. The van der Waals surface area contributed by atoms with Gasteiger partial charge >= 0.3 is 6.18 Å². The molecule has 0 aliphatic carbocycles. The van der Waals surface area contributed by atoms with Crippen molar-refractivity contribution < 1.29 is 26.7 Å². The van der Waals surface area contributed by atoms with Crippen LogP contribution in [0.2, 0.25) is 0 Å². The molecule has 2 bridgehead atoms. The zero-order valence-electron chi connectivity index (χ0n) is 10.6. The number of aliphatic hydroxyl groups is 1. The molecule has 0 amide bonds. The van der Waals surface area contributed by atoms with E-state index in [4.69, 9.17) is 0 Å². The van der Waals surface area contributed by atoms with Crippen LogP contribution in [0, 0.1) is 0 Å². The highest BCUT2D eigenvalue weighted by Crippen LogP contribution is 2.43. The average Bonchev–Trinajstić information content (AvgIpc) is 2.19. The van der Waals surface area contributed by atoms with Gasteiger partial charge in [0.1, 0.15) is 0 Å². The van der Waals surface area contributed by atoms with Gasteiger partial charge in [-0.1, -0.05) is 6.42 Å². The summed E-state index contributed by atoms with van der Waals surface area (Å²) in [7, 11) is -3.17. The third kappa shape index (κ3) is 3.42. The lowest BCUT2D eigenvalue weighted by Crippen LogP contribution is -2.51. The van der Waals surface area contributed by atoms with Crippen molar-refractivity contribution in [3.05, 3.63) is 0 Å². The van der Waals surface area contributed by atoms with Gasteiger partial charge in [-0.3, -0.25) is 0 Å². The van der Waals surface area contributed by atoms with Gasteiger partial charge in [0.2, 0.25) is 0 Å². The largest absolute Gasteiger partial charge is 0.390 e. The van der Waals surface area contributed by atoms with Crippen LogP contribution in [0.15, 0.2) is 0 Å². The maximum absolute atomic E-state index is 12.1. The average molecular weight is 300 g/mol. The summed E-state index contributed by atoms with van der Waals surface area (Å²) in [5.41, 5.74) is -1.23. The Morgan fingerprint density at radius 1 is 1.16 bits per heavy atom. The van der Waals surface area contributed by atoms with Gasteiger partial charge in [-0.15, -0.1) is 0 Å². The van der Waals surface area contributed by atoms with Crippen LogP contribution < -0.4 is 0 Å². The molecule has 0 aromatic carbocycles. The van der Waals surface area contributed by atoms with Gasteiger partial charge in [-0.2, -0.15) is 13.2 Å². The molecule has 19 heavy (non-hydrogen) atoms. The van der Waals surface area contributed by atoms with E-state index in [0.717, 1.165) is 6.42 Å². The predicted molar refractivity (Wildman–Crippen MR) is 64.4 cm³/mol. The Balaban J connectivity index is 1.99. The molecular formula is C12H19F3O3S. The molecule has 0 radical (unpaired) electrons. The second-order valence-electron chi connectivity index (χ2n) is 5.87. The van der Waals surface area contributed by atoms with Crippen molar-refractivity contribution in [3.63, 3.8) is 0 Å². The van der Waals surface area contributed by atoms with Gasteiger partial charge in [-0.05, 0) is 38.5 Å². The molecule has 2 aliphatic heterocycles. The maximum atomic E-state index is 12.1. The minimum atomic E-state index is -4.22. The first-order chi connectivity index (χ1) is 8.62. The van der Waals surface area contributed by atoms with Crippen molar-refractivity contribution in [3.8, 4) is 0 Å². The molecule has 0 spiro atoms. The van der Waals surface area contributed by atoms with E-state index >= 15 is 0 Å². The van der Waals surface area contributed by atoms with Gasteiger partial charge in [0.25, 0.3) is 0 Å². The van der Waals surface area contributed by atoms with Crippen molar-refractivity contribution in [2.24, 2.45) is 0 Å². The Labute approximate surface area is 111 Å². The lowest BCUT2D eigenvalue weighted by atomic mass is 9.82. The van der Waals surface area contributed by atoms with Crippen molar-refractivity contribution in [2.75, 3.05) is 0 Å². The first-order valence-electron chi connectivity index (χ1n) is 6.64. The number of hydrogen-bond donors (Lipinski definition) is 1. The molecule has 0 aromatic heterocycles. The minimum absolute atomic E-state index is 0.0367. The summed E-state index contributed by atoms with van der Waals surface area (Å²) in [6, 6.07) is 0. The normalized spacial score (nSPS) is 38.1. The molecule has 112 valence electrons. The first-order valence-corrected chi connectivity index (χ1v) is 8.25. The summed E-state index contributed by atoms with van der Waals surface area (Å²) < 4.78 is 60.4. The zero-order valence-corrected chi connectivity index (χ0v) is 11.4. The van der Waals surface area contributed by atoms with Crippen molar-refractivity contribution in [2.45, 2.75) is 73.6 Å². The highest BCUT2D eigenvalue weighted by Gasteiger charge is 2.50. The van der Waals surface area contributed by atoms with Gasteiger partial charge in [0, 0.05) is 6.42 Å². The highest BCUT2D eigenvalue weighted by molar-refractivity contribution is 7.92. The van der Waals surface area contributed by atoms with Gasteiger partial charge in [-0.25, -0.2) is 8.42 Å². The summed E-state index contributed by atoms with van der Waals surface area (Å²) >= 11 is 0. The maximum Gasteiger partial charge on any atom is 0.389 e. The molecule has 7 heteroatoms. The van der Waals surface area contributed by atoms with Gasteiger partial charge in [0.15, 0.2) is 9.84 Å². The standard InChI is InChI=1S/C12H19F3O3S/c13-12(14,15)6-2-5-11(16)7-9-3-1-4-10(8-11)19(9,17)18/h9-10,16H,1-8H2. The molecule has 2 unspecified atom stereocenters. The number of fused-ring (bicyclic) bond motifs is 2. The zero-order chi connectivity index (χ0) is 14.3. The smallest absolute Gasteiger partial charge is 0.389 e. The Bertz CT molecular complexity index is 410. The van der Waals surface area contributed by atoms with Crippen LogP contribution >= 0.6 is 0 Å². The molecule has 2 fully saturated rings. The topological polar surface area (TPSA) is 54.4 Å². The fraction of sp³-hybridized carbons (Fsp3) is 1.00. The van der Waals surface area contributed by atoms with Crippen LogP contribution in [-0.2, 0) is 9.84 Å². The Morgan fingerprint density at radius 3 is 2.16 bits per heavy atom. The van der Waals surface area contributed by atoms with Crippen LogP contribution in [0.4, 0.5) is 13.2 Å². The van der Waals surface area contributed by atoms with E-state index in [1.807, 2.05) is 0 Å².